The first kappa shape index (κ1) is 14.8. The van der Waals surface area contributed by atoms with Crippen molar-refractivity contribution in [2.24, 2.45) is 14.1 Å². The van der Waals surface area contributed by atoms with Gasteiger partial charge in [0.1, 0.15) is 0 Å². The van der Waals surface area contributed by atoms with Crippen molar-refractivity contribution in [1.82, 2.24) is 4.57 Å². The van der Waals surface area contributed by atoms with E-state index >= 15 is 0 Å². The Bertz CT molecular complexity index is 809. The van der Waals surface area contributed by atoms with Crippen molar-refractivity contribution >= 4 is 11.0 Å². The van der Waals surface area contributed by atoms with Gasteiger partial charge in [-0.2, -0.15) is 0 Å². The van der Waals surface area contributed by atoms with Crippen LogP contribution < -0.4 is 4.57 Å². The van der Waals surface area contributed by atoms with Crippen LogP contribution in [-0.4, -0.2) is 4.57 Å². The van der Waals surface area contributed by atoms with E-state index in [0.717, 1.165) is 0 Å². The average molecular weight is 293 g/mol. The van der Waals surface area contributed by atoms with Gasteiger partial charge in [0.25, 0.3) is 5.82 Å². The minimum atomic E-state index is 0.185. The van der Waals surface area contributed by atoms with Crippen molar-refractivity contribution in [1.29, 1.82) is 0 Å². The summed E-state index contributed by atoms with van der Waals surface area (Å²) in [6.07, 6.45) is 0. The molecule has 0 bridgehead atoms. The van der Waals surface area contributed by atoms with E-state index < -0.39 is 0 Å². The monoisotopic (exact) mass is 293 g/mol. The molecule has 0 amide bonds. The number of aryl methyl sites for hydroxylation is 3. The highest BCUT2D eigenvalue weighted by Crippen LogP contribution is 2.29. The standard InChI is InChI=1S/C20H25N2/c1-14-13-15(20(2,3)4)11-12-16(14)19-21(5)17-9-7-8-10-18(17)22(19)6/h7-13H,1-6H3/q+1. The van der Waals surface area contributed by atoms with E-state index in [-0.39, 0.29) is 5.41 Å². The van der Waals surface area contributed by atoms with Crippen LogP contribution >= 0.6 is 0 Å². The third kappa shape index (κ3) is 2.23. The van der Waals surface area contributed by atoms with Crippen LogP contribution in [0.5, 0.6) is 0 Å². The fourth-order valence-electron chi connectivity index (χ4n) is 3.23. The largest absolute Gasteiger partial charge is 0.289 e. The fraction of sp³-hybridized carbons (Fsp3) is 0.350. The number of nitrogens with zero attached hydrogens (tertiary/aromatic N) is 2. The van der Waals surface area contributed by atoms with E-state index in [4.69, 9.17) is 0 Å². The molecule has 0 fully saturated rings. The summed E-state index contributed by atoms with van der Waals surface area (Å²) >= 11 is 0. The Morgan fingerprint density at radius 1 is 1.00 bits per heavy atom. The second kappa shape index (κ2) is 4.98. The van der Waals surface area contributed by atoms with E-state index in [9.17, 15) is 0 Å². The van der Waals surface area contributed by atoms with Gasteiger partial charge in [0.2, 0.25) is 0 Å². The lowest BCUT2D eigenvalue weighted by molar-refractivity contribution is -0.634. The number of para-hydroxylation sites is 2. The lowest BCUT2D eigenvalue weighted by Gasteiger charge is -2.20. The van der Waals surface area contributed by atoms with E-state index in [1.165, 1.54) is 33.5 Å². The molecule has 0 atom stereocenters. The Morgan fingerprint density at radius 3 is 2.27 bits per heavy atom. The van der Waals surface area contributed by atoms with Crippen LogP contribution in [0.4, 0.5) is 0 Å². The summed E-state index contributed by atoms with van der Waals surface area (Å²) in [6.45, 7) is 9.00. The molecule has 0 aliphatic rings. The number of hydrogen-bond donors (Lipinski definition) is 0. The molecule has 3 rings (SSSR count). The lowest BCUT2D eigenvalue weighted by Crippen LogP contribution is -2.30. The molecular formula is C20H25N2+. The molecule has 1 heterocycles. The quantitative estimate of drug-likeness (QED) is 0.592. The molecule has 2 aromatic carbocycles. The van der Waals surface area contributed by atoms with Crippen LogP contribution in [0.25, 0.3) is 22.4 Å². The van der Waals surface area contributed by atoms with Gasteiger partial charge in [-0.3, -0.25) is 0 Å². The third-order valence-electron chi connectivity index (χ3n) is 4.57. The maximum Gasteiger partial charge on any atom is 0.289 e. The maximum atomic E-state index is 2.33. The molecule has 0 unspecified atom stereocenters. The second-order valence-corrected chi connectivity index (χ2v) is 7.21. The predicted molar refractivity (Wildman–Crippen MR) is 93.0 cm³/mol. The first-order chi connectivity index (χ1) is 10.3. The number of hydrogen-bond acceptors (Lipinski definition) is 0. The molecule has 22 heavy (non-hydrogen) atoms. The van der Waals surface area contributed by atoms with Crippen LogP contribution in [0.15, 0.2) is 42.5 Å². The summed E-state index contributed by atoms with van der Waals surface area (Å²) in [6, 6.07) is 15.4. The molecule has 2 heteroatoms. The van der Waals surface area contributed by atoms with Gasteiger partial charge in [-0.05, 0) is 41.7 Å². The van der Waals surface area contributed by atoms with Gasteiger partial charge in [-0.1, -0.05) is 45.0 Å². The molecular weight excluding hydrogens is 268 g/mol. The summed E-state index contributed by atoms with van der Waals surface area (Å²) < 4.78 is 4.57. The predicted octanol–water partition coefficient (Wildman–Crippen LogP) is 4.28. The minimum absolute atomic E-state index is 0.185. The Balaban J connectivity index is 2.25. The van der Waals surface area contributed by atoms with Gasteiger partial charge in [0.05, 0.1) is 19.7 Å². The van der Waals surface area contributed by atoms with Crippen LogP contribution in [0.1, 0.15) is 31.9 Å². The fourth-order valence-corrected chi connectivity index (χ4v) is 3.23. The summed E-state index contributed by atoms with van der Waals surface area (Å²) in [5.74, 6) is 1.25. The first-order valence-electron chi connectivity index (χ1n) is 7.85. The average Bonchev–Trinajstić information content (AvgIpc) is 2.71. The highest BCUT2D eigenvalue weighted by Gasteiger charge is 2.23. The molecule has 0 aliphatic heterocycles. The highest BCUT2D eigenvalue weighted by molar-refractivity contribution is 5.76. The Morgan fingerprint density at radius 2 is 1.68 bits per heavy atom. The summed E-state index contributed by atoms with van der Waals surface area (Å²) in [5.41, 5.74) is 6.72. The molecule has 114 valence electrons. The summed E-state index contributed by atoms with van der Waals surface area (Å²) in [4.78, 5) is 0. The summed E-state index contributed by atoms with van der Waals surface area (Å²) in [7, 11) is 4.30. The van der Waals surface area contributed by atoms with Crippen molar-refractivity contribution in [2.75, 3.05) is 0 Å². The molecule has 1 aromatic heterocycles. The lowest BCUT2D eigenvalue weighted by atomic mass is 9.85. The molecule has 0 spiro atoms. The van der Waals surface area contributed by atoms with Crippen LogP contribution in [-0.2, 0) is 19.5 Å². The van der Waals surface area contributed by atoms with Crippen molar-refractivity contribution in [3.05, 3.63) is 53.6 Å². The maximum absolute atomic E-state index is 2.33. The van der Waals surface area contributed by atoms with Crippen molar-refractivity contribution in [3.63, 3.8) is 0 Å². The number of imidazole rings is 1. The summed E-state index contributed by atoms with van der Waals surface area (Å²) in [5, 5.41) is 0. The van der Waals surface area contributed by atoms with Gasteiger partial charge >= 0.3 is 0 Å². The zero-order valence-corrected chi connectivity index (χ0v) is 14.4. The van der Waals surface area contributed by atoms with Crippen molar-refractivity contribution in [2.45, 2.75) is 33.1 Å². The van der Waals surface area contributed by atoms with Crippen LogP contribution in [0.2, 0.25) is 0 Å². The first-order valence-corrected chi connectivity index (χ1v) is 7.85. The van der Waals surface area contributed by atoms with Crippen molar-refractivity contribution in [3.8, 4) is 11.4 Å². The van der Waals surface area contributed by atoms with Crippen LogP contribution in [0, 0.1) is 6.92 Å². The minimum Gasteiger partial charge on any atom is -0.226 e. The normalized spacial score (nSPS) is 12.1. The van der Waals surface area contributed by atoms with E-state index in [1.54, 1.807) is 0 Å². The number of benzene rings is 2. The van der Waals surface area contributed by atoms with Gasteiger partial charge in [0.15, 0.2) is 11.0 Å². The Labute approximate surface area is 133 Å². The van der Waals surface area contributed by atoms with Gasteiger partial charge in [-0.25, -0.2) is 9.13 Å². The zero-order chi connectivity index (χ0) is 16.1. The molecule has 0 radical (unpaired) electrons. The Hall–Kier alpha value is -2.09. The topological polar surface area (TPSA) is 8.81 Å². The van der Waals surface area contributed by atoms with Gasteiger partial charge < -0.3 is 0 Å². The second-order valence-electron chi connectivity index (χ2n) is 7.21. The smallest absolute Gasteiger partial charge is 0.226 e. The van der Waals surface area contributed by atoms with E-state index in [2.05, 4.69) is 93.4 Å². The molecule has 3 aromatic rings. The number of aromatic nitrogens is 2. The van der Waals surface area contributed by atoms with Crippen molar-refractivity contribution < 1.29 is 4.57 Å². The Kier molecular flexibility index (Phi) is 3.36. The molecule has 0 N–H and O–H groups in total. The number of rotatable bonds is 1. The van der Waals surface area contributed by atoms with Gasteiger partial charge in [0, 0.05) is 0 Å². The van der Waals surface area contributed by atoms with E-state index in [0.29, 0.717) is 0 Å². The van der Waals surface area contributed by atoms with E-state index in [1.807, 2.05) is 0 Å². The third-order valence-corrected chi connectivity index (χ3v) is 4.57. The van der Waals surface area contributed by atoms with Crippen LogP contribution in [0.3, 0.4) is 0 Å². The highest BCUT2D eigenvalue weighted by atomic mass is 15.1. The molecule has 2 nitrogen and oxygen atoms in total. The molecule has 0 saturated carbocycles. The molecule has 0 saturated heterocycles. The van der Waals surface area contributed by atoms with Gasteiger partial charge in [-0.15, -0.1) is 0 Å². The SMILES string of the molecule is Cc1cc(C(C)(C)C)ccc1-c1n(C)c2ccccc2[n+]1C. The number of fused-ring (bicyclic) bond motifs is 1. The zero-order valence-electron chi connectivity index (χ0n) is 14.4. The molecule has 0 aliphatic carbocycles.